The molecule has 1 amide bonds. The van der Waals surface area contributed by atoms with Crippen LogP contribution in [0.3, 0.4) is 0 Å². The van der Waals surface area contributed by atoms with Crippen molar-refractivity contribution in [3.63, 3.8) is 0 Å². The predicted molar refractivity (Wildman–Crippen MR) is 98.2 cm³/mol. The van der Waals surface area contributed by atoms with Gasteiger partial charge >= 0.3 is 0 Å². The van der Waals surface area contributed by atoms with Crippen molar-refractivity contribution in [1.29, 1.82) is 0 Å². The summed E-state index contributed by atoms with van der Waals surface area (Å²) < 4.78 is 11.7. The Morgan fingerprint density at radius 1 is 1.29 bits per heavy atom. The van der Waals surface area contributed by atoms with Crippen molar-refractivity contribution in [2.45, 2.75) is 26.1 Å². The van der Waals surface area contributed by atoms with Gasteiger partial charge in [0.1, 0.15) is 0 Å². The summed E-state index contributed by atoms with van der Waals surface area (Å²) in [6.45, 7) is 5.66. The van der Waals surface area contributed by atoms with E-state index in [0.29, 0.717) is 19.8 Å². The second kappa shape index (κ2) is 11.5. The van der Waals surface area contributed by atoms with E-state index < -0.39 is 6.10 Å². The maximum atomic E-state index is 12.0. The summed E-state index contributed by atoms with van der Waals surface area (Å²) in [6, 6.07) is 7.38. The van der Waals surface area contributed by atoms with Crippen molar-refractivity contribution in [3.8, 4) is 0 Å². The number of carbonyl (C=O) groups excluding carboxylic acids is 1. The maximum absolute atomic E-state index is 12.0. The van der Waals surface area contributed by atoms with E-state index in [0.717, 1.165) is 10.2 Å². The molecule has 0 radical (unpaired) electrons. The van der Waals surface area contributed by atoms with Gasteiger partial charge in [-0.25, -0.2) is 0 Å². The number of nitrogens with zero attached hydrogens (tertiary/aromatic N) is 1. The number of aliphatic hydroxyl groups is 1. The quantitative estimate of drug-likeness (QED) is 0.554. The molecule has 0 aromatic heterocycles. The summed E-state index contributed by atoms with van der Waals surface area (Å²) in [6.07, 6.45) is -0.469. The molecule has 0 aliphatic rings. The van der Waals surface area contributed by atoms with Crippen LogP contribution in [0.15, 0.2) is 28.7 Å². The standard InChI is InChI=1S/C17H27BrN2O4/c1-13(2)24-9-8-23-12-16(21)10-20(3)11-17(22)19-15-6-4-14(18)5-7-15/h4-7,13,16,21H,8-12H2,1-3H3,(H,19,22). The number of nitrogens with one attached hydrogen (secondary N) is 1. The molecule has 6 nitrogen and oxygen atoms in total. The molecule has 0 saturated carbocycles. The van der Waals surface area contributed by atoms with Gasteiger partial charge in [0.15, 0.2) is 0 Å². The van der Waals surface area contributed by atoms with E-state index in [1.807, 2.05) is 38.1 Å². The average Bonchev–Trinajstić information content (AvgIpc) is 2.48. The zero-order valence-corrected chi connectivity index (χ0v) is 16.1. The number of aliphatic hydroxyl groups excluding tert-OH is 1. The molecule has 0 aliphatic heterocycles. The highest BCUT2D eigenvalue weighted by Gasteiger charge is 2.12. The van der Waals surface area contributed by atoms with Crippen LogP contribution in [0.25, 0.3) is 0 Å². The third-order valence-electron chi connectivity index (χ3n) is 3.05. The number of likely N-dealkylation sites (N-methyl/N-ethyl adjacent to an activating group) is 1. The molecule has 0 saturated heterocycles. The minimum absolute atomic E-state index is 0.127. The Labute approximate surface area is 152 Å². The molecule has 7 heteroatoms. The highest BCUT2D eigenvalue weighted by Crippen LogP contribution is 2.13. The topological polar surface area (TPSA) is 71.0 Å². The van der Waals surface area contributed by atoms with Crippen molar-refractivity contribution >= 4 is 27.5 Å². The van der Waals surface area contributed by atoms with Gasteiger partial charge in [-0.3, -0.25) is 9.69 Å². The molecule has 24 heavy (non-hydrogen) atoms. The minimum Gasteiger partial charge on any atom is -0.389 e. The summed E-state index contributed by atoms with van der Waals surface area (Å²) >= 11 is 3.35. The molecule has 0 aliphatic carbocycles. The molecule has 1 atom stereocenters. The number of rotatable bonds is 11. The normalized spacial score (nSPS) is 12.6. The summed E-state index contributed by atoms with van der Waals surface area (Å²) in [4.78, 5) is 13.7. The van der Waals surface area contributed by atoms with E-state index in [2.05, 4.69) is 21.2 Å². The lowest BCUT2D eigenvalue weighted by Gasteiger charge is -2.20. The summed E-state index contributed by atoms with van der Waals surface area (Å²) in [5.41, 5.74) is 0.741. The van der Waals surface area contributed by atoms with Crippen molar-refractivity contribution in [2.24, 2.45) is 0 Å². The summed E-state index contributed by atoms with van der Waals surface area (Å²) in [5.74, 6) is -0.127. The van der Waals surface area contributed by atoms with E-state index in [1.165, 1.54) is 0 Å². The fourth-order valence-corrected chi connectivity index (χ4v) is 2.28. The van der Waals surface area contributed by atoms with Gasteiger partial charge in [-0.1, -0.05) is 15.9 Å². The Kier molecular flexibility index (Phi) is 10.1. The van der Waals surface area contributed by atoms with Crippen molar-refractivity contribution in [2.75, 3.05) is 45.3 Å². The third-order valence-corrected chi connectivity index (χ3v) is 3.58. The van der Waals surface area contributed by atoms with E-state index in [9.17, 15) is 9.90 Å². The summed E-state index contributed by atoms with van der Waals surface area (Å²) in [5, 5.41) is 12.7. The van der Waals surface area contributed by atoms with E-state index >= 15 is 0 Å². The molecular weight excluding hydrogens is 376 g/mol. The average molecular weight is 403 g/mol. The van der Waals surface area contributed by atoms with Crippen molar-refractivity contribution < 1.29 is 19.4 Å². The Balaban J connectivity index is 2.18. The van der Waals surface area contributed by atoms with Gasteiger partial charge in [0, 0.05) is 16.7 Å². The lowest BCUT2D eigenvalue weighted by molar-refractivity contribution is -0.117. The van der Waals surface area contributed by atoms with Crippen LogP contribution in [0.5, 0.6) is 0 Å². The maximum Gasteiger partial charge on any atom is 0.238 e. The van der Waals surface area contributed by atoms with Crippen LogP contribution in [0, 0.1) is 0 Å². The van der Waals surface area contributed by atoms with Crippen LogP contribution in [0.4, 0.5) is 5.69 Å². The van der Waals surface area contributed by atoms with Crippen LogP contribution < -0.4 is 5.32 Å². The minimum atomic E-state index is -0.644. The van der Waals surface area contributed by atoms with Gasteiger partial charge in [-0.2, -0.15) is 0 Å². The smallest absolute Gasteiger partial charge is 0.238 e. The lowest BCUT2D eigenvalue weighted by Crippen LogP contribution is -2.37. The highest BCUT2D eigenvalue weighted by molar-refractivity contribution is 9.10. The molecule has 1 aromatic rings. The molecule has 1 aromatic carbocycles. The molecule has 0 spiro atoms. The fraction of sp³-hybridized carbons (Fsp3) is 0.588. The van der Waals surface area contributed by atoms with E-state index in [4.69, 9.17) is 9.47 Å². The molecule has 0 heterocycles. The van der Waals surface area contributed by atoms with Gasteiger partial charge < -0.3 is 19.9 Å². The molecule has 1 rings (SSSR count). The van der Waals surface area contributed by atoms with Crippen molar-refractivity contribution in [3.05, 3.63) is 28.7 Å². The van der Waals surface area contributed by atoms with Crippen LogP contribution in [-0.2, 0) is 14.3 Å². The Bertz CT molecular complexity index is 482. The number of hydrogen-bond donors (Lipinski definition) is 2. The number of halogens is 1. The SMILES string of the molecule is CC(C)OCCOCC(O)CN(C)CC(=O)Nc1ccc(Br)cc1. The Hall–Kier alpha value is -0.990. The molecule has 136 valence electrons. The predicted octanol–water partition coefficient (Wildman–Crippen LogP) is 2.12. The molecular formula is C17H27BrN2O4. The number of ether oxygens (including phenoxy) is 2. The van der Waals surface area contributed by atoms with Gasteiger partial charge in [-0.15, -0.1) is 0 Å². The van der Waals surface area contributed by atoms with Gasteiger partial charge in [0.05, 0.1) is 38.6 Å². The fourth-order valence-electron chi connectivity index (χ4n) is 2.02. The second-order valence-electron chi connectivity index (χ2n) is 5.90. The van der Waals surface area contributed by atoms with Crippen LogP contribution in [-0.4, -0.2) is 68.1 Å². The highest BCUT2D eigenvalue weighted by atomic mass is 79.9. The third kappa shape index (κ3) is 10.00. The van der Waals surface area contributed by atoms with Gasteiger partial charge in [0.2, 0.25) is 5.91 Å². The second-order valence-corrected chi connectivity index (χ2v) is 6.82. The summed E-state index contributed by atoms with van der Waals surface area (Å²) in [7, 11) is 1.78. The largest absolute Gasteiger partial charge is 0.389 e. The zero-order valence-electron chi connectivity index (χ0n) is 14.5. The van der Waals surface area contributed by atoms with Crippen molar-refractivity contribution in [1.82, 2.24) is 4.90 Å². The van der Waals surface area contributed by atoms with E-state index in [1.54, 1.807) is 11.9 Å². The van der Waals surface area contributed by atoms with Gasteiger partial charge in [-0.05, 0) is 45.2 Å². The monoisotopic (exact) mass is 402 g/mol. The first-order valence-electron chi connectivity index (χ1n) is 7.98. The zero-order chi connectivity index (χ0) is 17.9. The molecule has 0 fully saturated rings. The molecule has 2 N–H and O–H groups in total. The Morgan fingerprint density at radius 3 is 2.58 bits per heavy atom. The number of carbonyl (C=O) groups is 1. The number of benzene rings is 1. The van der Waals surface area contributed by atoms with Gasteiger partial charge in [0.25, 0.3) is 0 Å². The van der Waals surface area contributed by atoms with Crippen LogP contribution >= 0.6 is 15.9 Å². The first-order valence-corrected chi connectivity index (χ1v) is 8.77. The molecule has 0 bridgehead atoms. The van der Waals surface area contributed by atoms with Crippen LogP contribution in [0.1, 0.15) is 13.8 Å². The first-order chi connectivity index (χ1) is 11.4. The number of amides is 1. The Morgan fingerprint density at radius 2 is 1.96 bits per heavy atom. The lowest BCUT2D eigenvalue weighted by atomic mass is 10.3. The van der Waals surface area contributed by atoms with Crippen LogP contribution in [0.2, 0.25) is 0 Å². The number of anilines is 1. The molecule has 1 unspecified atom stereocenters. The first kappa shape index (κ1) is 21.1. The number of hydrogen-bond acceptors (Lipinski definition) is 5. The van der Waals surface area contributed by atoms with E-state index in [-0.39, 0.29) is 25.2 Å².